The van der Waals surface area contributed by atoms with E-state index in [0.717, 1.165) is 30.0 Å². The molecule has 1 N–H and O–H groups in total. The standard InChI is InChI=1S/C16H18N2O2/c1-3-18(4-2)15-9-8-14(11-17-15)12-6-5-7-13(10-12)16(19)20/h5-11H,3-4H2,1-2H3,(H,19,20). The number of rotatable bonds is 5. The van der Waals surface area contributed by atoms with Gasteiger partial charge >= 0.3 is 5.97 Å². The third-order valence-electron chi connectivity index (χ3n) is 3.28. The van der Waals surface area contributed by atoms with Crippen LogP contribution in [0.1, 0.15) is 24.2 Å². The Morgan fingerprint density at radius 1 is 1.15 bits per heavy atom. The number of aromatic nitrogens is 1. The maximum Gasteiger partial charge on any atom is 0.335 e. The van der Waals surface area contributed by atoms with Gasteiger partial charge in [0.1, 0.15) is 5.82 Å². The van der Waals surface area contributed by atoms with Crippen LogP contribution in [0.4, 0.5) is 5.82 Å². The lowest BCUT2D eigenvalue weighted by molar-refractivity contribution is 0.0697. The molecular formula is C16H18N2O2. The van der Waals surface area contributed by atoms with Crippen molar-refractivity contribution in [2.75, 3.05) is 18.0 Å². The molecule has 0 unspecified atom stereocenters. The van der Waals surface area contributed by atoms with E-state index in [-0.39, 0.29) is 5.56 Å². The van der Waals surface area contributed by atoms with Crippen LogP contribution in [0.3, 0.4) is 0 Å². The van der Waals surface area contributed by atoms with Crippen LogP contribution in [0, 0.1) is 0 Å². The molecular weight excluding hydrogens is 252 g/mol. The number of carbonyl (C=O) groups is 1. The molecule has 0 spiro atoms. The molecule has 104 valence electrons. The fourth-order valence-electron chi connectivity index (χ4n) is 2.12. The van der Waals surface area contributed by atoms with Gasteiger partial charge in [0.05, 0.1) is 5.56 Å². The minimum Gasteiger partial charge on any atom is -0.478 e. The van der Waals surface area contributed by atoms with Crippen LogP contribution < -0.4 is 4.90 Å². The Morgan fingerprint density at radius 3 is 2.45 bits per heavy atom. The summed E-state index contributed by atoms with van der Waals surface area (Å²) in [6.07, 6.45) is 1.79. The second-order valence-corrected chi connectivity index (χ2v) is 4.46. The molecule has 0 saturated carbocycles. The van der Waals surface area contributed by atoms with Gasteiger partial charge in [-0.15, -0.1) is 0 Å². The van der Waals surface area contributed by atoms with Gasteiger partial charge in [-0.2, -0.15) is 0 Å². The molecule has 4 nitrogen and oxygen atoms in total. The quantitative estimate of drug-likeness (QED) is 0.905. The molecule has 0 atom stereocenters. The Balaban J connectivity index is 2.30. The Hall–Kier alpha value is -2.36. The van der Waals surface area contributed by atoms with E-state index in [4.69, 9.17) is 5.11 Å². The van der Waals surface area contributed by atoms with E-state index in [2.05, 4.69) is 23.7 Å². The fourth-order valence-corrected chi connectivity index (χ4v) is 2.12. The van der Waals surface area contributed by atoms with Crippen LogP contribution >= 0.6 is 0 Å². The summed E-state index contributed by atoms with van der Waals surface area (Å²) in [5.74, 6) is 0.0210. The van der Waals surface area contributed by atoms with E-state index in [1.807, 2.05) is 18.2 Å². The predicted molar refractivity (Wildman–Crippen MR) is 80.2 cm³/mol. The average molecular weight is 270 g/mol. The Labute approximate surface area is 118 Å². The molecule has 20 heavy (non-hydrogen) atoms. The Kier molecular flexibility index (Phi) is 4.35. The molecule has 1 heterocycles. The van der Waals surface area contributed by atoms with Crippen LogP contribution in [0.15, 0.2) is 42.6 Å². The highest BCUT2D eigenvalue weighted by Gasteiger charge is 2.07. The third kappa shape index (κ3) is 2.96. The summed E-state index contributed by atoms with van der Waals surface area (Å²) >= 11 is 0. The molecule has 4 heteroatoms. The van der Waals surface area contributed by atoms with Crippen LogP contribution in [0.2, 0.25) is 0 Å². The van der Waals surface area contributed by atoms with Crippen molar-refractivity contribution < 1.29 is 9.90 Å². The van der Waals surface area contributed by atoms with Crippen molar-refractivity contribution in [1.29, 1.82) is 0 Å². The van der Waals surface area contributed by atoms with Crippen LogP contribution in [0.5, 0.6) is 0 Å². The van der Waals surface area contributed by atoms with Crippen molar-refractivity contribution in [1.82, 2.24) is 4.98 Å². The molecule has 0 bridgehead atoms. The zero-order chi connectivity index (χ0) is 14.5. The summed E-state index contributed by atoms with van der Waals surface area (Å²) in [7, 11) is 0. The van der Waals surface area contributed by atoms with Crippen molar-refractivity contribution in [3.05, 3.63) is 48.2 Å². The first-order valence-electron chi connectivity index (χ1n) is 6.70. The zero-order valence-electron chi connectivity index (χ0n) is 11.7. The zero-order valence-corrected chi connectivity index (χ0v) is 11.7. The van der Waals surface area contributed by atoms with Gasteiger partial charge in [-0.3, -0.25) is 0 Å². The van der Waals surface area contributed by atoms with Crippen LogP contribution in [-0.2, 0) is 0 Å². The summed E-state index contributed by atoms with van der Waals surface area (Å²) in [5, 5.41) is 9.01. The Morgan fingerprint density at radius 2 is 1.90 bits per heavy atom. The normalized spacial score (nSPS) is 10.3. The fraction of sp³-hybridized carbons (Fsp3) is 0.250. The van der Waals surface area contributed by atoms with Crippen molar-refractivity contribution in [3.63, 3.8) is 0 Å². The highest BCUT2D eigenvalue weighted by molar-refractivity contribution is 5.89. The number of carboxylic acid groups (broad SMARTS) is 1. The molecule has 1 aromatic heterocycles. The molecule has 0 radical (unpaired) electrons. The van der Waals surface area contributed by atoms with E-state index < -0.39 is 5.97 Å². The number of pyridine rings is 1. The molecule has 1 aromatic carbocycles. The number of hydrogen-bond acceptors (Lipinski definition) is 3. The maximum atomic E-state index is 11.0. The number of carboxylic acids is 1. The predicted octanol–water partition coefficient (Wildman–Crippen LogP) is 3.29. The summed E-state index contributed by atoms with van der Waals surface area (Å²) in [6, 6.07) is 10.8. The molecule has 0 aliphatic heterocycles. The topological polar surface area (TPSA) is 53.4 Å². The highest BCUT2D eigenvalue weighted by Crippen LogP contribution is 2.22. The lowest BCUT2D eigenvalue weighted by atomic mass is 10.0. The van der Waals surface area contributed by atoms with Gasteiger partial charge in [0.15, 0.2) is 0 Å². The summed E-state index contributed by atoms with van der Waals surface area (Å²) in [5.41, 5.74) is 2.07. The van der Waals surface area contributed by atoms with E-state index >= 15 is 0 Å². The molecule has 0 aliphatic carbocycles. The molecule has 0 fully saturated rings. The first-order valence-corrected chi connectivity index (χ1v) is 6.70. The number of nitrogens with zero attached hydrogens (tertiary/aromatic N) is 2. The van der Waals surface area contributed by atoms with Gasteiger partial charge in [-0.05, 0) is 43.7 Å². The number of aromatic carboxylic acids is 1. The second kappa shape index (κ2) is 6.19. The maximum absolute atomic E-state index is 11.0. The van der Waals surface area contributed by atoms with E-state index in [0.29, 0.717) is 0 Å². The smallest absolute Gasteiger partial charge is 0.335 e. The van der Waals surface area contributed by atoms with Gasteiger partial charge < -0.3 is 10.0 Å². The number of hydrogen-bond donors (Lipinski definition) is 1. The van der Waals surface area contributed by atoms with E-state index in [1.165, 1.54) is 0 Å². The molecule has 0 aliphatic rings. The largest absolute Gasteiger partial charge is 0.478 e. The summed E-state index contributed by atoms with van der Waals surface area (Å²) < 4.78 is 0. The lowest BCUT2D eigenvalue weighted by Crippen LogP contribution is -2.22. The number of benzene rings is 1. The summed E-state index contributed by atoms with van der Waals surface area (Å²) in [6.45, 7) is 6.01. The first kappa shape index (κ1) is 14.1. The summed E-state index contributed by atoms with van der Waals surface area (Å²) in [4.78, 5) is 17.6. The monoisotopic (exact) mass is 270 g/mol. The van der Waals surface area contributed by atoms with Gasteiger partial charge in [0, 0.05) is 24.8 Å². The SMILES string of the molecule is CCN(CC)c1ccc(-c2cccc(C(=O)O)c2)cn1. The van der Waals surface area contributed by atoms with Crippen molar-refractivity contribution in [3.8, 4) is 11.1 Å². The van der Waals surface area contributed by atoms with Crippen molar-refractivity contribution in [2.24, 2.45) is 0 Å². The lowest BCUT2D eigenvalue weighted by Gasteiger charge is -2.19. The van der Waals surface area contributed by atoms with Gasteiger partial charge in [-0.1, -0.05) is 12.1 Å². The first-order chi connectivity index (χ1) is 9.65. The molecule has 0 saturated heterocycles. The molecule has 2 rings (SSSR count). The van der Waals surface area contributed by atoms with Gasteiger partial charge in [0.2, 0.25) is 0 Å². The Bertz CT molecular complexity index is 590. The number of anilines is 1. The van der Waals surface area contributed by atoms with Gasteiger partial charge in [-0.25, -0.2) is 9.78 Å². The highest BCUT2D eigenvalue weighted by atomic mass is 16.4. The van der Waals surface area contributed by atoms with E-state index in [9.17, 15) is 4.79 Å². The van der Waals surface area contributed by atoms with E-state index in [1.54, 1.807) is 24.4 Å². The molecule has 0 amide bonds. The minimum absolute atomic E-state index is 0.287. The van der Waals surface area contributed by atoms with Gasteiger partial charge in [0.25, 0.3) is 0 Å². The van der Waals surface area contributed by atoms with Crippen LogP contribution in [-0.4, -0.2) is 29.1 Å². The molecule has 2 aromatic rings. The van der Waals surface area contributed by atoms with Crippen molar-refractivity contribution >= 4 is 11.8 Å². The van der Waals surface area contributed by atoms with Crippen molar-refractivity contribution in [2.45, 2.75) is 13.8 Å². The second-order valence-electron chi connectivity index (χ2n) is 4.46. The van der Waals surface area contributed by atoms with Crippen LogP contribution in [0.25, 0.3) is 11.1 Å². The average Bonchev–Trinajstić information content (AvgIpc) is 2.49. The minimum atomic E-state index is -0.917. The third-order valence-corrected chi connectivity index (χ3v) is 3.28.